The SMILES string of the molecule is C#Cc1ccc(CC(=O)NC(=S)Nc2ccc(Oc3ccnc4cc(-c5cn(CC)cn5)sc34)c(F)c2)cc1. The number of carbonyl (C=O) groups is 1. The van der Waals surface area contributed by atoms with E-state index in [1.165, 1.54) is 23.5 Å². The minimum Gasteiger partial charge on any atom is -0.453 e. The summed E-state index contributed by atoms with van der Waals surface area (Å²) in [5, 5.41) is 5.48. The minimum absolute atomic E-state index is 0.0450. The number of terminal acetylenes is 1. The van der Waals surface area contributed by atoms with Crippen molar-refractivity contribution in [1.29, 1.82) is 0 Å². The van der Waals surface area contributed by atoms with Crippen LogP contribution >= 0.6 is 23.6 Å². The minimum atomic E-state index is -0.592. The van der Waals surface area contributed by atoms with Crippen molar-refractivity contribution in [1.82, 2.24) is 19.9 Å². The van der Waals surface area contributed by atoms with E-state index in [4.69, 9.17) is 23.4 Å². The van der Waals surface area contributed by atoms with Crippen LogP contribution in [0, 0.1) is 18.2 Å². The number of halogens is 1. The van der Waals surface area contributed by atoms with Gasteiger partial charge in [-0.3, -0.25) is 9.78 Å². The fourth-order valence-corrected chi connectivity index (χ4v) is 5.06. The fraction of sp³-hybridized carbons (Fsp3) is 0.103. The number of anilines is 1. The summed E-state index contributed by atoms with van der Waals surface area (Å²) in [5.74, 6) is 2.17. The molecule has 10 heteroatoms. The first kappa shape index (κ1) is 26.0. The molecule has 0 aliphatic rings. The number of amides is 1. The third-order valence-electron chi connectivity index (χ3n) is 5.77. The predicted octanol–water partition coefficient (Wildman–Crippen LogP) is 6.15. The smallest absolute Gasteiger partial charge is 0.230 e. The molecule has 39 heavy (non-hydrogen) atoms. The number of ether oxygens (including phenoxy) is 1. The summed E-state index contributed by atoms with van der Waals surface area (Å²) in [5.41, 5.74) is 3.48. The molecule has 3 heterocycles. The maximum Gasteiger partial charge on any atom is 0.230 e. The zero-order chi connectivity index (χ0) is 27.4. The number of thiocarbonyl (C=S) groups is 1. The number of benzene rings is 2. The number of rotatable bonds is 7. The van der Waals surface area contributed by atoms with Crippen molar-refractivity contribution < 1.29 is 13.9 Å². The molecule has 0 aliphatic carbocycles. The molecule has 0 bridgehead atoms. The Morgan fingerprint density at radius 3 is 2.69 bits per heavy atom. The number of hydrogen-bond acceptors (Lipinski definition) is 6. The molecule has 0 unspecified atom stereocenters. The van der Waals surface area contributed by atoms with Crippen LogP contribution in [0.1, 0.15) is 18.1 Å². The van der Waals surface area contributed by atoms with Gasteiger partial charge >= 0.3 is 0 Å². The first-order chi connectivity index (χ1) is 18.9. The molecular weight excluding hydrogens is 533 g/mol. The summed E-state index contributed by atoms with van der Waals surface area (Å²) in [6.07, 6.45) is 10.9. The van der Waals surface area contributed by atoms with Crippen LogP contribution in [0.3, 0.4) is 0 Å². The molecule has 0 aliphatic heterocycles. The molecule has 0 saturated heterocycles. The number of nitrogens with one attached hydrogen (secondary N) is 2. The average Bonchev–Trinajstić information content (AvgIpc) is 3.58. The number of hydrogen-bond donors (Lipinski definition) is 2. The molecule has 0 atom stereocenters. The molecule has 0 fully saturated rings. The third-order valence-corrected chi connectivity index (χ3v) is 7.14. The van der Waals surface area contributed by atoms with E-state index in [9.17, 15) is 9.18 Å². The molecule has 2 aromatic carbocycles. The normalized spacial score (nSPS) is 10.7. The highest BCUT2D eigenvalue weighted by Gasteiger charge is 2.15. The Bertz CT molecular complexity index is 1720. The topological polar surface area (TPSA) is 81.1 Å². The van der Waals surface area contributed by atoms with Gasteiger partial charge in [-0.2, -0.15) is 0 Å². The summed E-state index contributed by atoms with van der Waals surface area (Å²) in [7, 11) is 0. The van der Waals surface area contributed by atoms with E-state index < -0.39 is 5.82 Å². The van der Waals surface area contributed by atoms with Crippen molar-refractivity contribution >= 4 is 50.5 Å². The highest BCUT2D eigenvalue weighted by molar-refractivity contribution is 7.80. The van der Waals surface area contributed by atoms with E-state index >= 15 is 0 Å². The van der Waals surface area contributed by atoms with Gasteiger partial charge in [0.1, 0.15) is 5.75 Å². The van der Waals surface area contributed by atoms with E-state index in [0.29, 0.717) is 11.4 Å². The number of imidazole rings is 1. The van der Waals surface area contributed by atoms with E-state index in [0.717, 1.165) is 38.5 Å². The van der Waals surface area contributed by atoms with Crippen molar-refractivity contribution in [2.75, 3.05) is 5.32 Å². The second-order valence-corrected chi connectivity index (χ2v) is 9.95. The van der Waals surface area contributed by atoms with E-state index in [-0.39, 0.29) is 23.2 Å². The largest absolute Gasteiger partial charge is 0.453 e. The van der Waals surface area contributed by atoms with Crippen LogP contribution in [0.4, 0.5) is 10.1 Å². The molecular formula is C29H22FN5O2S2. The number of aromatic nitrogens is 3. The highest BCUT2D eigenvalue weighted by atomic mass is 32.1. The summed E-state index contributed by atoms with van der Waals surface area (Å²) in [6.45, 7) is 2.87. The zero-order valence-electron chi connectivity index (χ0n) is 20.8. The molecule has 194 valence electrons. The van der Waals surface area contributed by atoms with Crippen molar-refractivity contribution in [3.63, 3.8) is 0 Å². The van der Waals surface area contributed by atoms with Gasteiger partial charge in [0.25, 0.3) is 0 Å². The van der Waals surface area contributed by atoms with Crippen molar-refractivity contribution in [2.24, 2.45) is 0 Å². The summed E-state index contributed by atoms with van der Waals surface area (Å²) in [6, 6.07) is 15.1. The van der Waals surface area contributed by atoms with Gasteiger partial charge in [0.2, 0.25) is 5.91 Å². The summed E-state index contributed by atoms with van der Waals surface area (Å²) >= 11 is 6.70. The Labute approximate surface area is 233 Å². The maximum atomic E-state index is 15.0. The molecule has 5 aromatic rings. The van der Waals surface area contributed by atoms with Gasteiger partial charge < -0.3 is 19.9 Å². The van der Waals surface area contributed by atoms with Gasteiger partial charge in [0, 0.05) is 42.3 Å². The number of fused-ring (bicyclic) bond motifs is 1. The van der Waals surface area contributed by atoms with Gasteiger partial charge in [0.05, 0.1) is 33.5 Å². The van der Waals surface area contributed by atoms with Gasteiger partial charge in [-0.1, -0.05) is 18.1 Å². The molecule has 0 spiro atoms. The average molecular weight is 556 g/mol. The second-order valence-electron chi connectivity index (χ2n) is 8.49. The molecule has 3 aromatic heterocycles. The lowest BCUT2D eigenvalue weighted by atomic mass is 10.1. The Morgan fingerprint density at radius 2 is 1.97 bits per heavy atom. The second kappa shape index (κ2) is 11.4. The Morgan fingerprint density at radius 1 is 1.15 bits per heavy atom. The Kier molecular flexibility index (Phi) is 7.63. The lowest BCUT2D eigenvalue weighted by molar-refractivity contribution is -0.119. The van der Waals surface area contributed by atoms with Crippen LogP contribution in [-0.4, -0.2) is 25.6 Å². The maximum absolute atomic E-state index is 15.0. The predicted molar refractivity (Wildman–Crippen MR) is 155 cm³/mol. The monoisotopic (exact) mass is 555 g/mol. The molecule has 0 radical (unpaired) electrons. The van der Waals surface area contributed by atoms with Crippen LogP contribution in [0.15, 0.2) is 73.3 Å². The third kappa shape index (κ3) is 6.12. The summed E-state index contributed by atoms with van der Waals surface area (Å²) in [4.78, 5) is 22.1. The van der Waals surface area contributed by atoms with E-state index in [1.54, 1.807) is 48.9 Å². The van der Waals surface area contributed by atoms with Crippen LogP contribution in [-0.2, 0) is 17.8 Å². The van der Waals surface area contributed by atoms with Gasteiger partial charge in [-0.15, -0.1) is 17.8 Å². The molecule has 5 rings (SSSR count). The number of pyridine rings is 1. The standard InChI is InChI=1S/C29H22FN5O2S2/c1-3-18-5-7-19(8-6-18)13-27(36)34-29(38)33-20-9-10-24(21(30)14-20)37-25-11-12-31-22-15-26(39-28(22)25)23-16-35(4-2)17-32-23/h1,5-12,14-17H,4,13H2,2H3,(H2,33,34,36,38). The number of thiophene rings is 1. The van der Waals surface area contributed by atoms with Crippen LogP contribution in [0.5, 0.6) is 11.5 Å². The quantitative estimate of drug-likeness (QED) is 0.185. The molecule has 1 amide bonds. The van der Waals surface area contributed by atoms with Gasteiger partial charge in [-0.05, 0) is 55.0 Å². The van der Waals surface area contributed by atoms with Crippen LogP contribution in [0.2, 0.25) is 0 Å². The lowest BCUT2D eigenvalue weighted by Gasteiger charge is -2.12. The van der Waals surface area contributed by atoms with Gasteiger partial charge in [0.15, 0.2) is 16.7 Å². The zero-order valence-corrected chi connectivity index (χ0v) is 22.4. The number of nitrogens with zero attached hydrogens (tertiary/aromatic N) is 3. The number of carbonyl (C=O) groups excluding carboxylic acids is 1. The van der Waals surface area contributed by atoms with Crippen molar-refractivity contribution in [2.45, 2.75) is 19.9 Å². The Hall–Kier alpha value is -4.59. The number of aryl methyl sites for hydroxylation is 1. The Balaban J connectivity index is 1.24. The van der Waals surface area contributed by atoms with E-state index in [1.807, 2.05) is 23.8 Å². The van der Waals surface area contributed by atoms with Gasteiger partial charge in [-0.25, -0.2) is 9.37 Å². The molecule has 7 nitrogen and oxygen atoms in total. The fourth-order valence-electron chi connectivity index (χ4n) is 3.80. The van der Waals surface area contributed by atoms with Crippen LogP contribution < -0.4 is 15.4 Å². The van der Waals surface area contributed by atoms with Crippen molar-refractivity contribution in [3.8, 4) is 34.4 Å². The first-order valence-electron chi connectivity index (χ1n) is 12.0. The first-order valence-corrected chi connectivity index (χ1v) is 13.2. The summed E-state index contributed by atoms with van der Waals surface area (Å²) < 4.78 is 23.7. The van der Waals surface area contributed by atoms with Crippen LogP contribution in [0.25, 0.3) is 20.8 Å². The van der Waals surface area contributed by atoms with E-state index in [2.05, 4.69) is 26.5 Å². The molecule has 2 N–H and O–H groups in total. The van der Waals surface area contributed by atoms with Crippen molar-refractivity contribution in [3.05, 3.63) is 90.3 Å². The highest BCUT2D eigenvalue weighted by Crippen LogP contribution is 2.39. The lowest BCUT2D eigenvalue weighted by Crippen LogP contribution is -2.35. The molecule has 0 saturated carbocycles.